The Morgan fingerprint density at radius 1 is 1.55 bits per heavy atom. The van der Waals surface area contributed by atoms with Crippen LogP contribution in [0.25, 0.3) is 0 Å². The lowest BCUT2D eigenvalue weighted by molar-refractivity contribution is 0.0755. The second kappa shape index (κ2) is 6.46. The van der Waals surface area contributed by atoms with Gasteiger partial charge < -0.3 is 10.6 Å². The Kier molecular flexibility index (Phi) is 4.89. The van der Waals surface area contributed by atoms with Crippen LogP contribution in [0.1, 0.15) is 30.1 Å². The summed E-state index contributed by atoms with van der Waals surface area (Å²) in [4.78, 5) is 16.6. The van der Waals surface area contributed by atoms with Crippen molar-refractivity contribution >= 4 is 23.2 Å². The van der Waals surface area contributed by atoms with E-state index in [9.17, 15) is 4.79 Å². The fraction of sp³-hybridized carbons (Fsp3) is 0.533. The molecular formula is C15H22ClN3O. The molecule has 0 spiro atoms. The maximum absolute atomic E-state index is 12.4. The number of amides is 1. The topological polar surface area (TPSA) is 49.6 Å². The zero-order chi connectivity index (χ0) is 14.7. The summed E-state index contributed by atoms with van der Waals surface area (Å²) in [7, 11) is 1.83. The van der Waals surface area contributed by atoms with E-state index in [0.29, 0.717) is 22.3 Å². The number of nitrogens with two attached hydrogens (primary N) is 1. The lowest BCUT2D eigenvalue weighted by atomic mass is 10.1. The van der Waals surface area contributed by atoms with Crippen molar-refractivity contribution in [3.05, 3.63) is 28.8 Å². The number of likely N-dealkylation sites (tertiary alicyclic amines) is 1. The number of nitrogens with zero attached hydrogens (tertiary/aromatic N) is 2. The highest BCUT2D eigenvalue weighted by Gasteiger charge is 2.26. The highest BCUT2D eigenvalue weighted by Crippen LogP contribution is 2.22. The number of hydrogen-bond donors (Lipinski definition) is 1. The maximum atomic E-state index is 12.4. The van der Waals surface area contributed by atoms with Crippen LogP contribution in [0, 0.1) is 0 Å². The predicted octanol–water partition coefficient (Wildman–Crippen LogP) is 2.48. The van der Waals surface area contributed by atoms with Gasteiger partial charge in [-0.05, 0) is 44.1 Å². The third kappa shape index (κ3) is 3.25. The van der Waals surface area contributed by atoms with Crippen LogP contribution >= 0.6 is 11.6 Å². The molecule has 0 radical (unpaired) electrons. The standard InChI is InChI=1S/C15H22ClN3O/c1-3-19-8-4-5-12(19)10-18(2)15(20)13-7-6-11(17)9-14(13)16/h6-7,9,12H,3-5,8,10,17H2,1-2H3. The van der Waals surface area contributed by atoms with E-state index in [1.165, 1.54) is 6.42 Å². The van der Waals surface area contributed by atoms with Gasteiger partial charge in [0.2, 0.25) is 0 Å². The summed E-state index contributed by atoms with van der Waals surface area (Å²) in [5, 5.41) is 0.417. The molecule has 0 aliphatic carbocycles. The third-order valence-corrected chi connectivity index (χ3v) is 4.27. The molecule has 20 heavy (non-hydrogen) atoms. The lowest BCUT2D eigenvalue weighted by Gasteiger charge is -2.28. The molecular weight excluding hydrogens is 274 g/mol. The van der Waals surface area contributed by atoms with Crippen molar-refractivity contribution in [2.45, 2.75) is 25.8 Å². The Balaban J connectivity index is 2.05. The first kappa shape index (κ1) is 15.1. The number of rotatable bonds is 4. The number of halogens is 1. The van der Waals surface area contributed by atoms with E-state index in [2.05, 4.69) is 11.8 Å². The summed E-state index contributed by atoms with van der Waals surface area (Å²) in [6.07, 6.45) is 2.37. The second-order valence-electron chi connectivity index (χ2n) is 5.35. The van der Waals surface area contributed by atoms with Crippen molar-refractivity contribution in [2.24, 2.45) is 0 Å². The zero-order valence-electron chi connectivity index (χ0n) is 12.1. The maximum Gasteiger partial charge on any atom is 0.255 e. The minimum atomic E-state index is -0.0436. The SMILES string of the molecule is CCN1CCCC1CN(C)C(=O)c1ccc(N)cc1Cl. The summed E-state index contributed by atoms with van der Waals surface area (Å²) in [6, 6.07) is 5.49. The molecule has 0 aromatic heterocycles. The first-order valence-corrected chi connectivity index (χ1v) is 7.45. The van der Waals surface area contributed by atoms with E-state index in [1.807, 2.05) is 7.05 Å². The van der Waals surface area contributed by atoms with E-state index in [0.717, 1.165) is 26.1 Å². The molecule has 1 saturated heterocycles. The lowest BCUT2D eigenvalue weighted by Crippen LogP contribution is -2.41. The number of anilines is 1. The number of nitrogen functional groups attached to an aromatic ring is 1. The number of benzene rings is 1. The Morgan fingerprint density at radius 2 is 2.30 bits per heavy atom. The summed E-state index contributed by atoms with van der Waals surface area (Å²) < 4.78 is 0. The second-order valence-corrected chi connectivity index (χ2v) is 5.76. The summed E-state index contributed by atoms with van der Waals surface area (Å²) in [5.41, 5.74) is 6.75. The zero-order valence-corrected chi connectivity index (χ0v) is 12.9. The fourth-order valence-electron chi connectivity index (χ4n) is 2.83. The van der Waals surface area contributed by atoms with Crippen LogP contribution < -0.4 is 5.73 Å². The molecule has 0 bridgehead atoms. The normalized spacial score (nSPS) is 19.2. The number of hydrogen-bond acceptors (Lipinski definition) is 3. The number of carbonyl (C=O) groups excluding carboxylic acids is 1. The van der Waals surface area contributed by atoms with Gasteiger partial charge in [-0.1, -0.05) is 18.5 Å². The van der Waals surface area contributed by atoms with E-state index in [1.54, 1.807) is 23.1 Å². The Bertz CT molecular complexity index is 492. The van der Waals surface area contributed by atoms with Gasteiger partial charge in [0.05, 0.1) is 10.6 Å². The Hall–Kier alpha value is -1.26. The summed E-state index contributed by atoms with van der Waals surface area (Å²) in [6.45, 7) is 5.07. The molecule has 4 nitrogen and oxygen atoms in total. The monoisotopic (exact) mass is 295 g/mol. The van der Waals surface area contributed by atoms with E-state index in [-0.39, 0.29) is 5.91 Å². The Morgan fingerprint density at radius 3 is 2.95 bits per heavy atom. The van der Waals surface area contributed by atoms with Crippen molar-refractivity contribution in [2.75, 3.05) is 32.4 Å². The van der Waals surface area contributed by atoms with Crippen LogP contribution in [0.3, 0.4) is 0 Å². The Labute approximate surface area is 125 Å². The van der Waals surface area contributed by atoms with Gasteiger partial charge in [0.25, 0.3) is 5.91 Å². The van der Waals surface area contributed by atoms with E-state index in [4.69, 9.17) is 17.3 Å². The van der Waals surface area contributed by atoms with Crippen LogP contribution in [0.4, 0.5) is 5.69 Å². The molecule has 1 aliphatic rings. The first-order valence-electron chi connectivity index (χ1n) is 7.07. The van der Waals surface area contributed by atoms with Crippen molar-refractivity contribution in [1.29, 1.82) is 0 Å². The number of carbonyl (C=O) groups is 1. The summed E-state index contributed by atoms with van der Waals surface area (Å²) >= 11 is 6.10. The average Bonchev–Trinajstić information content (AvgIpc) is 2.85. The van der Waals surface area contributed by atoms with Gasteiger partial charge in [0, 0.05) is 25.3 Å². The van der Waals surface area contributed by atoms with Gasteiger partial charge >= 0.3 is 0 Å². The molecule has 2 N–H and O–H groups in total. The molecule has 1 atom stereocenters. The smallest absolute Gasteiger partial charge is 0.255 e. The average molecular weight is 296 g/mol. The van der Waals surface area contributed by atoms with E-state index >= 15 is 0 Å². The molecule has 1 heterocycles. The summed E-state index contributed by atoms with van der Waals surface area (Å²) in [5.74, 6) is -0.0436. The molecule has 1 aromatic carbocycles. The molecule has 5 heteroatoms. The van der Waals surface area contributed by atoms with E-state index < -0.39 is 0 Å². The largest absolute Gasteiger partial charge is 0.399 e. The fourth-order valence-corrected chi connectivity index (χ4v) is 3.10. The highest BCUT2D eigenvalue weighted by atomic mass is 35.5. The molecule has 110 valence electrons. The third-order valence-electron chi connectivity index (χ3n) is 3.96. The van der Waals surface area contributed by atoms with Crippen LogP contribution in [-0.2, 0) is 0 Å². The number of likely N-dealkylation sites (N-methyl/N-ethyl adjacent to an activating group) is 2. The quantitative estimate of drug-likeness (QED) is 0.868. The van der Waals surface area contributed by atoms with Crippen molar-refractivity contribution < 1.29 is 4.79 Å². The molecule has 1 amide bonds. The minimum absolute atomic E-state index is 0.0436. The van der Waals surface area contributed by atoms with Crippen LogP contribution in [0.5, 0.6) is 0 Å². The minimum Gasteiger partial charge on any atom is -0.399 e. The van der Waals surface area contributed by atoms with Gasteiger partial charge in [-0.25, -0.2) is 0 Å². The van der Waals surface area contributed by atoms with Gasteiger partial charge in [0.1, 0.15) is 0 Å². The highest BCUT2D eigenvalue weighted by molar-refractivity contribution is 6.34. The van der Waals surface area contributed by atoms with Crippen LogP contribution in [0.2, 0.25) is 5.02 Å². The molecule has 0 saturated carbocycles. The molecule has 1 unspecified atom stereocenters. The van der Waals surface area contributed by atoms with Gasteiger partial charge in [0.15, 0.2) is 0 Å². The van der Waals surface area contributed by atoms with Gasteiger partial charge in [-0.3, -0.25) is 9.69 Å². The van der Waals surface area contributed by atoms with Crippen LogP contribution in [-0.4, -0.2) is 48.4 Å². The molecule has 1 fully saturated rings. The van der Waals surface area contributed by atoms with Gasteiger partial charge in [-0.2, -0.15) is 0 Å². The first-order chi connectivity index (χ1) is 9.52. The molecule has 1 aliphatic heterocycles. The van der Waals surface area contributed by atoms with Gasteiger partial charge in [-0.15, -0.1) is 0 Å². The van der Waals surface area contributed by atoms with Crippen molar-refractivity contribution in [1.82, 2.24) is 9.80 Å². The molecule has 2 rings (SSSR count). The predicted molar refractivity (Wildman–Crippen MR) is 83.1 cm³/mol. The molecule has 1 aromatic rings. The van der Waals surface area contributed by atoms with Crippen LogP contribution in [0.15, 0.2) is 18.2 Å². The van der Waals surface area contributed by atoms with Crippen molar-refractivity contribution in [3.63, 3.8) is 0 Å². The van der Waals surface area contributed by atoms with Crippen molar-refractivity contribution in [3.8, 4) is 0 Å².